The van der Waals surface area contributed by atoms with Gasteiger partial charge in [0.15, 0.2) is 2.82 Å². The number of hydrogen-bond donors (Lipinski definition) is 2. The molecule has 0 aliphatic carbocycles. The first-order valence-electron chi connectivity index (χ1n) is 3.89. The summed E-state index contributed by atoms with van der Waals surface area (Å²) in [6, 6.07) is -1.01. The van der Waals surface area contributed by atoms with Crippen LogP contribution in [-0.4, -0.2) is 18.5 Å². The lowest BCUT2D eigenvalue weighted by Crippen LogP contribution is -2.51. The van der Waals surface area contributed by atoms with E-state index in [0.717, 1.165) is 0 Å². The average Bonchev–Trinajstić information content (AvgIpc) is 1.97. The van der Waals surface area contributed by atoms with Gasteiger partial charge in [0.1, 0.15) is 0 Å². The molecule has 0 aromatic carbocycles. The van der Waals surface area contributed by atoms with Crippen molar-refractivity contribution in [2.24, 2.45) is 5.89 Å². The van der Waals surface area contributed by atoms with E-state index < -0.39 is 17.8 Å². The minimum absolute atomic E-state index is 0.0451. The largest absolute Gasteiger partial charge is 0.337 e. The molecule has 1 saturated heterocycles. The fraction of sp³-hybridized carbons (Fsp3) is 0.600. The van der Waals surface area contributed by atoms with Crippen LogP contribution in [0.5, 0.6) is 0 Å². The third kappa shape index (κ3) is 1.19. The Bertz CT molecular complexity index is 243. The number of imide groups is 1. The Morgan fingerprint density at radius 2 is 2.56 bits per heavy atom. The van der Waals surface area contributed by atoms with Gasteiger partial charge in [-0.15, -0.1) is 0 Å². The fourth-order valence-electron chi connectivity index (χ4n) is 0.471. The number of nitrogens with one attached hydrogen (secondary N) is 2. The molecule has 50 valence electrons. The fourth-order valence-corrected chi connectivity index (χ4v) is 0.471. The quantitative estimate of drug-likeness (QED) is 0.464. The molecular formula is C5H8N2O2. The molecule has 0 aromatic heterocycles. The van der Waals surface area contributed by atoms with Crippen molar-refractivity contribution in [3.05, 3.63) is 0 Å². The topological polar surface area (TPSA) is 58.2 Å². The summed E-state index contributed by atoms with van der Waals surface area (Å²) in [5.41, 5.74) is 0. The number of hydrogen-bond acceptors (Lipinski definition) is 2. The minimum atomic E-state index is -1.57. The SMILES string of the molecule is [2H]N1CC([2H])(C)C(=O)N([2H])C1=O. The summed E-state index contributed by atoms with van der Waals surface area (Å²) in [6.07, 6.45) is 0. The summed E-state index contributed by atoms with van der Waals surface area (Å²) < 4.78 is 21.3. The van der Waals surface area contributed by atoms with E-state index in [9.17, 15) is 9.59 Å². The third-order valence-corrected chi connectivity index (χ3v) is 1.01. The van der Waals surface area contributed by atoms with Gasteiger partial charge < -0.3 is 5.31 Å². The van der Waals surface area contributed by atoms with Gasteiger partial charge >= 0.3 is 6.03 Å². The lowest BCUT2D eigenvalue weighted by atomic mass is 10.1. The van der Waals surface area contributed by atoms with E-state index in [1.54, 1.807) is 0 Å². The molecule has 1 unspecified atom stereocenters. The van der Waals surface area contributed by atoms with Crippen LogP contribution < -0.4 is 10.6 Å². The van der Waals surface area contributed by atoms with Crippen LogP contribution in [0.3, 0.4) is 0 Å². The monoisotopic (exact) mass is 131 g/mol. The van der Waals surface area contributed by atoms with Crippen molar-refractivity contribution in [3.63, 3.8) is 0 Å². The molecule has 0 aromatic rings. The first-order valence-corrected chi connectivity index (χ1v) is 2.50. The molecule has 0 radical (unpaired) electrons. The minimum Gasteiger partial charge on any atom is -0.337 e. The van der Waals surface area contributed by atoms with Gasteiger partial charge in [-0.3, -0.25) is 10.1 Å². The van der Waals surface area contributed by atoms with Crippen molar-refractivity contribution >= 4 is 11.9 Å². The van der Waals surface area contributed by atoms with Gasteiger partial charge in [0.2, 0.25) is 5.91 Å². The van der Waals surface area contributed by atoms with E-state index in [1.807, 2.05) is 0 Å². The summed E-state index contributed by atoms with van der Waals surface area (Å²) in [5, 5.41) is 0.477. The molecule has 1 heterocycles. The van der Waals surface area contributed by atoms with Crippen molar-refractivity contribution in [1.82, 2.24) is 10.6 Å². The van der Waals surface area contributed by atoms with Crippen LogP contribution in [-0.2, 0) is 4.79 Å². The molecule has 4 heteroatoms. The first-order chi connectivity index (χ1) is 5.36. The molecule has 0 saturated carbocycles. The third-order valence-electron chi connectivity index (χ3n) is 1.01. The molecule has 0 spiro atoms. The highest BCUT2D eigenvalue weighted by Gasteiger charge is 2.20. The Balaban J connectivity index is 2.93. The highest BCUT2D eigenvalue weighted by atomic mass is 16.2. The molecule has 1 fully saturated rings. The normalized spacial score (nSPS) is 42.1. The number of carbonyl (C=O) groups is 2. The molecule has 3 amide bonds. The summed E-state index contributed by atoms with van der Waals surface area (Å²) in [6.45, 7) is 0.977. The van der Waals surface area contributed by atoms with Crippen molar-refractivity contribution in [3.8, 4) is 0 Å². The maximum Gasteiger partial charge on any atom is 0.321 e. The highest BCUT2D eigenvalue weighted by molar-refractivity contribution is 5.97. The van der Waals surface area contributed by atoms with Crippen LogP contribution in [0.4, 0.5) is 4.79 Å². The van der Waals surface area contributed by atoms with Gasteiger partial charge in [-0.1, -0.05) is 6.92 Å². The van der Waals surface area contributed by atoms with E-state index in [0.29, 0.717) is 5.31 Å². The maximum atomic E-state index is 11.0. The highest BCUT2D eigenvalue weighted by Crippen LogP contribution is 1.95. The van der Waals surface area contributed by atoms with E-state index in [4.69, 9.17) is 4.19 Å². The zero-order valence-corrected chi connectivity index (χ0v) is 4.92. The van der Waals surface area contributed by atoms with E-state index in [2.05, 4.69) is 0 Å². The van der Waals surface area contributed by atoms with Crippen molar-refractivity contribution in [2.75, 3.05) is 6.54 Å². The van der Waals surface area contributed by atoms with Crippen molar-refractivity contribution < 1.29 is 13.8 Å². The van der Waals surface area contributed by atoms with Gasteiger partial charge in [-0.05, 0) is 0 Å². The number of rotatable bonds is 0. The van der Waals surface area contributed by atoms with Gasteiger partial charge in [-0.2, -0.15) is 0 Å². The second kappa shape index (κ2) is 2.05. The van der Waals surface area contributed by atoms with Crippen molar-refractivity contribution in [1.29, 1.82) is 0 Å². The van der Waals surface area contributed by atoms with E-state index in [-0.39, 0.29) is 11.9 Å². The summed E-state index contributed by atoms with van der Waals surface area (Å²) >= 11 is 0. The van der Waals surface area contributed by atoms with Crippen LogP contribution in [0.25, 0.3) is 0 Å². The predicted molar refractivity (Wildman–Crippen MR) is 30.7 cm³/mol. The Labute approximate surface area is 56.9 Å². The summed E-state index contributed by atoms with van der Waals surface area (Å²) in [7, 11) is 0. The lowest BCUT2D eigenvalue weighted by molar-refractivity contribution is -0.123. The molecule has 1 rings (SSSR count). The predicted octanol–water partition coefficient (Wildman–Crippen LogP) is -0.538. The Morgan fingerprint density at radius 3 is 3.22 bits per heavy atom. The maximum absolute atomic E-state index is 11.0. The number of amides is 3. The van der Waals surface area contributed by atoms with Crippen LogP contribution >= 0.6 is 0 Å². The van der Waals surface area contributed by atoms with Gasteiger partial charge in [0.05, 0.1) is 5.89 Å². The van der Waals surface area contributed by atoms with Gasteiger partial charge in [0, 0.05) is 7.92 Å². The van der Waals surface area contributed by atoms with Gasteiger partial charge in [-0.25, -0.2) is 4.79 Å². The van der Waals surface area contributed by atoms with Crippen LogP contribution in [0, 0.1) is 5.89 Å². The van der Waals surface area contributed by atoms with Crippen LogP contribution in [0.2, 0.25) is 2.82 Å². The molecule has 1 atom stereocenters. The van der Waals surface area contributed by atoms with Crippen LogP contribution in [0.1, 0.15) is 8.29 Å². The summed E-state index contributed by atoms with van der Waals surface area (Å²) in [5.74, 6) is -2.46. The molecule has 2 N–H and O–H groups in total. The smallest absolute Gasteiger partial charge is 0.321 e. The second-order valence-corrected chi connectivity index (χ2v) is 1.80. The zero-order valence-electron chi connectivity index (χ0n) is 7.92. The molecular weight excluding hydrogens is 120 g/mol. The standard InChI is InChI=1S/C5H8N2O2/c1-3-2-6-5(9)7-4(3)8/h3H,2H2,1H3,(H2,6,7,8,9)/i3D/hD2. The second-order valence-electron chi connectivity index (χ2n) is 1.80. The first kappa shape index (κ1) is 3.20. The van der Waals surface area contributed by atoms with Crippen molar-refractivity contribution in [2.45, 2.75) is 6.92 Å². The molecule has 9 heavy (non-hydrogen) atoms. The van der Waals surface area contributed by atoms with Crippen LogP contribution in [0.15, 0.2) is 0 Å². The molecule has 1 aliphatic heterocycles. The summed E-state index contributed by atoms with van der Waals surface area (Å²) in [4.78, 5) is 21.8. The lowest BCUT2D eigenvalue weighted by Gasteiger charge is -2.17. The zero-order chi connectivity index (χ0) is 9.52. The average molecular weight is 131 g/mol. The Morgan fingerprint density at radius 1 is 1.89 bits per heavy atom. The molecule has 0 bridgehead atoms. The molecule has 4 nitrogen and oxygen atoms in total. The Hall–Kier alpha value is -1.06. The van der Waals surface area contributed by atoms with Gasteiger partial charge in [0.25, 0.3) is 0 Å². The number of urea groups is 1. The van der Waals surface area contributed by atoms with E-state index >= 15 is 0 Å². The molecule has 1 aliphatic rings. The Kier molecular flexibility index (Phi) is 0.726. The number of carbonyl (C=O) groups excluding carboxylic acids is 2. The van der Waals surface area contributed by atoms with E-state index in [1.165, 1.54) is 6.92 Å².